The fourth-order valence-corrected chi connectivity index (χ4v) is 1.41. The van der Waals surface area contributed by atoms with E-state index in [0.29, 0.717) is 0 Å². The van der Waals surface area contributed by atoms with Crippen LogP contribution in [0.1, 0.15) is 26.3 Å². The van der Waals surface area contributed by atoms with E-state index in [-0.39, 0.29) is 29.5 Å². The van der Waals surface area contributed by atoms with E-state index < -0.39 is 0 Å². The number of aryl methyl sites for hydroxylation is 1. The number of nitrogens with zero attached hydrogens (tertiary/aromatic N) is 3. The Hall–Kier alpha value is -0.790. The van der Waals surface area contributed by atoms with Crippen molar-refractivity contribution >= 4 is 29.9 Å². The predicted octanol–water partition coefficient (Wildman–Crippen LogP) is 1.77. The van der Waals surface area contributed by atoms with E-state index in [1.165, 1.54) is 5.56 Å². The van der Waals surface area contributed by atoms with Gasteiger partial charge in [0.05, 0.1) is 12.7 Å². The zero-order chi connectivity index (χ0) is 12.9. The van der Waals surface area contributed by atoms with Gasteiger partial charge in [-0.25, -0.2) is 0 Å². The number of rotatable bonds is 3. The van der Waals surface area contributed by atoms with Crippen molar-refractivity contribution in [2.45, 2.75) is 39.8 Å². The summed E-state index contributed by atoms with van der Waals surface area (Å²) in [4.78, 5) is 4.17. The van der Waals surface area contributed by atoms with Gasteiger partial charge in [-0.2, -0.15) is 5.10 Å². The van der Waals surface area contributed by atoms with Gasteiger partial charge in [0.2, 0.25) is 0 Å². The first kappa shape index (κ1) is 17.2. The van der Waals surface area contributed by atoms with Crippen LogP contribution in [-0.2, 0) is 6.54 Å². The zero-order valence-electron chi connectivity index (χ0n) is 11.8. The summed E-state index contributed by atoms with van der Waals surface area (Å²) in [7, 11) is 1.78. The molecule has 0 aliphatic carbocycles. The Morgan fingerprint density at radius 2 is 2.11 bits per heavy atom. The number of aromatic nitrogens is 2. The summed E-state index contributed by atoms with van der Waals surface area (Å²) in [5.41, 5.74) is 1.20. The van der Waals surface area contributed by atoms with Gasteiger partial charge in [-0.15, -0.1) is 24.0 Å². The second kappa shape index (κ2) is 7.60. The molecule has 0 fully saturated rings. The van der Waals surface area contributed by atoms with Crippen LogP contribution in [0.15, 0.2) is 17.4 Å². The monoisotopic (exact) mass is 365 g/mol. The van der Waals surface area contributed by atoms with Crippen LogP contribution >= 0.6 is 24.0 Å². The molecule has 1 aromatic heterocycles. The molecule has 18 heavy (non-hydrogen) atoms. The molecule has 0 aromatic carbocycles. The van der Waals surface area contributed by atoms with Crippen molar-refractivity contribution in [2.75, 3.05) is 13.6 Å². The van der Waals surface area contributed by atoms with E-state index >= 15 is 0 Å². The van der Waals surface area contributed by atoms with Gasteiger partial charge in [-0.05, 0) is 33.3 Å². The molecule has 0 radical (unpaired) electrons. The highest BCUT2D eigenvalue weighted by Crippen LogP contribution is 1.97. The number of hydrogen-bond donors (Lipinski definition) is 2. The molecule has 2 N–H and O–H groups in total. The normalized spacial score (nSPS) is 11.9. The highest BCUT2D eigenvalue weighted by atomic mass is 127. The Bertz CT molecular complexity index is 378. The molecule has 5 nitrogen and oxygen atoms in total. The lowest BCUT2D eigenvalue weighted by Gasteiger charge is -2.23. The second-order valence-electron chi connectivity index (χ2n) is 5.15. The topological polar surface area (TPSA) is 54.2 Å². The Kier molecular flexibility index (Phi) is 7.27. The standard InChI is InChI=1S/C12H23N5.HI/c1-10-8-15-17(9-10)7-6-14-11(13-5)16-12(2,3)4;/h8-9H,6-7H2,1-5H3,(H2,13,14,16);1H. The summed E-state index contributed by atoms with van der Waals surface area (Å²) in [6.07, 6.45) is 3.89. The first-order valence-electron chi connectivity index (χ1n) is 5.88. The minimum atomic E-state index is 0. The van der Waals surface area contributed by atoms with Gasteiger partial charge in [0.25, 0.3) is 0 Å². The van der Waals surface area contributed by atoms with Crippen LogP contribution in [0.25, 0.3) is 0 Å². The molecule has 0 spiro atoms. The van der Waals surface area contributed by atoms with Crippen LogP contribution in [0, 0.1) is 6.92 Å². The average Bonchev–Trinajstić information content (AvgIpc) is 2.61. The molecule has 0 bridgehead atoms. The van der Waals surface area contributed by atoms with Gasteiger partial charge < -0.3 is 10.6 Å². The van der Waals surface area contributed by atoms with Gasteiger partial charge in [-0.1, -0.05) is 0 Å². The van der Waals surface area contributed by atoms with Crippen LogP contribution in [0.5, 0.6) is 0 Å². The fourth-order valence-electron chi connectivity index (χ4n) is 1.41. The van der Waals surface area contributed by atoms with Gasteiger partial charge in [0, 0.05) is 25.3 Å². The smallest absolute Gasteiger partial charge is 0.191 e. The molecule has 6 heteroatoms. The van der Waals surface area contributed by atoms with Crippen LogP contribution in [0.4, 0.5) is 0 Å². The summed E-state index contributed by atoms with van der Waals surface area (Å²) >= 11 is 0. The minimum Gasteiger partial charge on any atom is -0.355 e. The molecule has 0 amide bonds. The highest BCUT2D eigenvalue weighted by Gasteiger charge is 2.11. The molecule has 1 heterocycles. The highest BCUT2D eigenvalue weighted by molar-refractivity contribution is 14.0. The first-order valence-corrected chi connectivity index (χ1v) is 5.88. The van der Waals surface area contributed by atoms with Crippen molar-refractivity contribution in [1.29, 1.82) is 0 Å². The zero-order valence-corrected chi connectivity index (χ0v) is 14.1. The van der Waals surface area contributed by atoms with Crippen LogP contribution in [-0.4, -0.2) is 34.9 Å². The maximum Gasteiger partial charge on any atom is 0.191 e. The number of nitrogens with one attached hydrogen (secondary N) is 2. The van der Waals surface area contributed by atoms with E-state index in [1.807, 2.05) is 24.0 Å². The van der Waals surface area contributed by atoms with Crippen molar-refractivity contribution in [3.8, 4) is 0 Å². The van der Waals surface area contributed by atoms with E-state index in [0.717, 1.165) is 19.0 Å². The van der Waals surface area contributed by atoms with Crippen LogP contribution in [0.3, 0.4) is 0 Å². The minimum absolute atomic E-state index is 0. The van der Waals surface area contributed by atoms with Gasteiger partial charge in [-0.3, -0.25) is 9.67 Å². The van der Waals surface area contributed by atoms with E-state index in [9.17, 15) is 0 Å². The lowest BCUT2D eigenvalue weighted by atomic mass is 10.1. The molecule has 0 saturated carbocycles. The SMILES string of the molecule is CN=C(NCCn1cc(C)cn1)NC(C)(C)C.I. The molecule has 1 aromatic rings. The van der Waals surface area contributed by atoms with E-state index in [2.05, 4.69) is 41.5 Å². The number of aliphatic imine (C=N–C) groups is 1. The Morgan fingerprint density at radius 1 is 1.44 bits per heavy atom. The van der Waals surface area contributed by atoms with Gasteiger partial charge in [0.1, 0.15) is 0 Å². The lowest BCUT2D eigenvalue weighted by molar-refractivity contribution is 0.497. The number of halogens is 1. The molecule has 0 saturated heterocycles. The van der Waals surface area contributed by atoms with Crippen LogP contribution in [0.2, 0.25) is 0 Å². The molecule has 0 aliphatic heterocycles. The van der Waals surface area contributed by atoms with Crippen molar-refractivity contribution in [3.05, 3.63) is 18.0 Å². The maximum absolute atomic E-state index is 4.23. The van der Waals surface area contributed by atoms with E-state index in [1.54, 1.807) is 7.05 Å². The molecular formula is C12H24IN5. The van der Waals surface area contributed by atoms with Crippen molar-refractivity contribution in [2.24, 2.45) is 4.99 Å². The summed E-state index contributed by atoms with van der Waals surface area (Å²) < 4.78 is 1.92. The van der Waals surface area contributed by atoms with E-state index in [4.69, 9.17) is 0 Å². The molecule has 0 unspecified atom stereocenters. The summed E-state index contributed by atoms with van der Waals surface area (Å²) in [6, 6.07) is 0. The molecule has 104 valence electrons. The number of guanidine groups is 1. The molecule has 0 aliphatic rings. The van der Waals surface area contributed by atoms with Crippen molar-refractivity contribution in [3.63, 3.8) is 0 Å². The van der Waals surface area contributed by atoms with Gasteiger partial charge >= 0.3 is 0 Å². The predicted molar refractivity (Wildman–Crippen MR) is 86.6 cm³/mol. The Balaban J connectivity index is 0.00000289. The third-order valence-electron chi connectivity index (χ3n) is 2.11. The second-order valence-corrected chi connectivity index (χ2v) is 5.15. The molecule has 0 atom stereocenters. The Morgan fingerprint density at radius 3 is 2.56 bits per heavy atom. The van der Waals surface area contributed by atoms with Crippen LogP contribution < -0.4 is 10.6 Å². The summed E-state index contributed by atoms with van der Waals surface area (Å²) in [5, 5.41) is 10.8. The average molecular weight is 365 g/mol. The van der Waals surface area contributed by atoms with Crippen molar-refractivity contribution < 1.29 is 0 Å². The maximum atomic E-state index is 4.23. The largest absolute Gasteiger partial charge is 0.355 e. The fraction of sp³-hybridized carbons (Fsp3) is 0.667. The Labute approximate surface area is 126 Å². The third-order valence-corrected chi connectivity index (χ3v) is 2.11. The van der Waals surface area contributed by atoms with Crippen molar-refractivity contribution in [1.82, 2.24) is 20.4 Å². The molecule has 1 rings (SSSR count). The molecular weight excluding hydrogens is 341 g/mol. The summed E-state index contributed by atoms with van der Waals surface area (Å²) in [6.45, 7) is 10.00. The quantitative estimate of drug-likeness (QED) is 0.488. The third kappa shape index (κ3) is 6.83. The van der Waals surface area contributed by atoms with Gasteiger partial charge in [0.15, 0.2) is 5.96 Å². The number of hydrogen-bond acceptors (Lipinski definition) is 2. The first-order chi connectivity index (χ1) is 7.90. The lowest BCUT2D eigenvalue weighted by Crippen LogP contribution is -2.48. The summed E-state index contributed by atoms with van der Waals surface area (Å²) in [5.74, 6) is 0.821.